The van der Waals surface area contributed by atoms with E-state index in [1.807, 2.05) is 26.8 Å². The minimum absolute atomic E-state index is 0.0229. The van der Waals surface area contributed by atoms with Crippen molar-refractivity contribution >= 4 is 17.2 Å². The minimum atomic E-state index is 0.0229. The van der Waals surface area contributed by atoms with Gasteiger partial charge in [0.25, 0.3) is 5.91 Å². The monoisotopic (exact) mass is 241 g/mol. The fraction of sp³-hybridized carbons (Fsp3) is 0.583. The van der Waals surface area contributed by atoms with Crippen LogP contribution in [0.15, 0.2) is 6.07 Å². The normalized spacial score (nSPS) is 10.5. The SMILES string of the molecule is CCCN(CCO)C(=O)c1cc(C)c(C)s1. The van der Waals surface area contributed by atoms with Gasteiger partial charge in [0.05, 0.1) is 11.5 Å². The second kappa shape index (κ2) is 6.01. The Labute approximate surface area is 101 Å². The quantitative estimate of drug-likeness (QED) is 0.858. The zero-order valence-corrected chi connectivity index (χ0v) is 10.9. The van der Waals surface area contributed by atoms with Gasteiger partial charge in [-0.25, -0.2) is 0 Å². The van der Waals surface area contributed by atoms with E-state index in [1.54, 1.807) is 4.90 Å². The van der Waals surface area contributed by atoms with Crippen LogP contribution in [0.2, 0.25) is 0 Å². The van der Waals surface area contributed by atoms with Crippen LogP contribution in [0.5, 0.6) is 0 Å². The molecule has 1 rings (SSSR count). The first-order valence-corrected chi connectivity index (χ1v) is 6.39. The Hall–Kier alpha value is -0.870. The first-order valence-electron chi connectivity index (χ1n) is 5.57. The fourth-order valence-corrected chi connectivity index (χ4v) is 2.54. The van der Waals surface area contributed by atoms with Crippen LogP contribution < -0.4 is 0 Å². The van der Waals surface area contributed by atoms with Crippen molar-refractivity contribution in [3.8, 4) is 0 Å². The van der Waals surface area contributed by atoms with Gasteiger partial charge in [-0.3, -0.25) is 4.79 Å². The molecule has 0 radical (unpaired) electrons. The molecule has 0 saturated carbocycles. The van der Waals surface area contributed by atoms with Crippen LogP contribution in [0, 0.1) is 13.8 Å². The van der Waals surface area contributed by atoms with Gasteiger partial charge in [-0.2, -0.15) is 0 Å². The highest BCUT2D eigenvalue weighted by atomic mass is 32.1. The molecule has 4 heteroatoms. The molecular formula is C12H19NO2S. The molecular weight excluding hydrogens is 222 g/mol. The van der Waals surface area contributed by atoms with Crippen molar-refractivity contribution in [1.82, 2.24) is 4.90 Å². The maximum Gasteiger partial charge on any atom is 0.264 e. The van der Waals surface area contributed by atoms with Gasteiger partial charge < -0.3 is 10.0 Å². The lowest BCUT2D eigenvalue weighted by Crippen LogP contribution is -2.33. The van der Waals surface area contributed by atoms with Crippen molar-refractivity contribution < 1.29 is 9.90 Å². The number of thiophene rings is 1. The Balaban J connectivity index is 2.81. The Morgan fingerprint density at radius 2 is 2.12 bits per heavy atom. The van der Waals surface area contributed by atoms with Crippen LogP contribution in [0.1, 0.15) is 33.5 Å². The van der Waals surface area contributed by atoms with E-state index in [0.29, 0.717) is 13.1 Å². The van der Waals surface area contributed by atoms with Crippen molar-refractivity contribution in [3.05, 3.63) is 21.4 Å². The summed E-state index contributed by atoms with van der Waals surface area (Å²) in [4.78, 5) is 15.8. The molecule has 0 fully saturated rings. The third-order valence-corrected chi connectivity index (χ3v) is 3.67. The topological polar surface area (TPSA) is 40.5 Å². The number of aliphatic hydroxyl groups is 1. The fourth-order valence-electron chi connectivity index (χ4n) is 1.54. The molecule has 1 aromatic rings. The lowest BCUT2D eigenvalue weighted by molar-refractivity contribution is 0.0727. The second-order valence-electron chi connectivity index (χ2n) is 3.87. The van der Waals surface area contributed by atoms with E-state index in [2.05, 4.69) is 0 Å². The summed E-state index contributed by atoms with van der Waals surface area (Å²) in [6.07, 6.45) is 0.912. The number of amides is 1. The molecule has 0 aromatic carbocycles. The molecule has 1 aromatic heterocycles. The Morgan fingerprint density at radius 1 is 1.44 bits per heavy atom. The summed E-state index contributed by atoms with van der Waals surface area (Å²) in [6.45, 7) is 7.21. The number of carbonyl (C=O) groups excluding carboxylic acids is 1. The lowest BCUT2D eigenvalue weighted by Gasteiger charge is -2.20. The summed E-state index contributed by atoms with van der Waals surface area (Å²) in [5.74, 6) is 0.0390. The third kappa shape index (κ3) is 3.06. The first kappa shape index (κ1) is 13.2. The Kier molecular flexibility index (Phi) is 4.96. The van der Waals surface area contributed by atoms with Crippen molar-refractivity contribution in [1.29, 1.82) is 0 Å². The lowest BCUT2D eigenvalue weighted by atomic mass is 10.2. The van der Waals surface area contributed by atoms with E-state index in [-0.39, 0.29) is 12.5 Å². The smallest absolute Gasteiger partial charge is 0.264 e. The van der Waals surface area contributed by atoms with Gasteiger partial charge in [0.15, 0.2) is 0 Å². The van der Waals surface area contributed by atoms with Gasteiger partial charge in [0.2, 0.25) is 0 Å². The van der Waals surface area contributed by atoms with Crippen molar-refractivity contribution in [2.24, 2.45) is 0 Å². The molecule has 1 heterocycles. The highest BCUT2D eigenvalue weighted by Gasteiger charge is 2.17. The molecule has 0 spiro atoms. The minimum Gasteiger partial charge on any atom is -0.395 e. The average molecular weight is 241 g/mol. The summed E-state index contributed by atoms with van der Waals surface area (Å²) in [5, 5.41) is 8.93. The average Bonchev–Trinajstić information content (AvgIpc) is 2.58. The maximum atomic E-state index is 12.1. The number of rotatable bonds is 5. The zero-order chi connectivity index (χ0) is 12.1. The van der Waals surface area contributed by atoms with Gasteiger partial charge in [-0.05, 0) is 31.9 Å². The predicted octanol–water partition coefficient (Wildman–Crippen LogP) is 2.21. The molecule has 0 saturated heterocycles. The van der Waals surface area contributed by atoms with Gasteiger partial charge in [0, 0.05) is 18.0 Å². The number of aryl methyl sites for hydroxylation is 2. The van der Waals surface area contributed by atoms with Gasteiger partial charge in [-0.15, -0.1) is 11.3 Å². The summed E-state index contributed by atoms with van der Waals surface area (Å²) in [5.41, 5.74) is 1.16. The molecule has 1 amide bonds. The van der Waals surface area contributed by atoms with E-state index in [0.717, 1.165) is 16.9 Å². The highest BCUT2D eigenvalue weighted by Crippen LogP contribution is 2.22. The first-order chi connectivity index (χ1) is 7.60. The molecule has 0 aliphatic heterocycles. The predicted molar refractivity (Wildman–Crippen MR) is 67.1 cm³/mol. The molecule has 16 heavy (non-hydrogen) atoms. The molecule has 0 atom stereocenters. The van der Waals surface area contributed by atoms with Crippen LogP contribution in [-0.2, 0) is 0 Å². The number of hydrogen-bond acceptors (Lipinski definition) is 3. The summed E-state index contributed by atoms with van der Waals surface area (Å²) in [7, 11) is 0. The third-order valence-electron chi connectivity index (χ3n) is 2.53. The van der Waals surface area contributed by atoms with Crippen LogP contribution in [-0.4, -0.2) is 35.6 Å². The molecule has 3 nitrogen and oxygen atoms in total. The van der Waals surface area contributed by atoms with Gasteiger partial charge >= 0.3 is 0 Å². The molecule has 0 aliphatic rings. The van der Waals surface area contributed by atoms with Crippen LogP contribution in [0.4, 0.5) is 0 Å². The standard InChI is InChI=1S/C12H19NO2S/c1-4-5-13(6-7-14)12(15)11-8-9(2)10(3)16-11/h8,14H,4-7H2,1-3H3. The van der Waals surface area contributed by atoms with E-state index < -0.39 is 0 Å². The van der Waals surface area contributed by atoms with Crippen molar-refractivity contribution in [2.45, 2.75) is 27.2 Å². The Morgan fingerprint density at radius 3 is 2.56 bits per heavy atom. The molecule has 1 N–H and O–H groups in total. The summed E-state index contributed by atoms with van der Waals surface area (Å²) < 4.78 is 0. The van der Waals surface area contributed by atoms with E-state index in [4.69, 9.17) is 5.11 Å². The van der Waals surface area contributed by atoms with Gasteiger partial charge in [-0.1, -0.05) is 6.92 Å². The van der Waals surface area contributed by atoms with Crippen LogP contribution in [0.25, 0.3) is 0 Å². The number of hydrogen-bond donors (Lipinski definition) is 1. The molecule has 0 aliphatic carbocycles. The van der Waals surface area contributed by atoms with Gasteiger partial charge in [0.1, 0.15) is 0 Å². The highest BCUT2D eigenvalue weighted by molar-refractivity contribution is 7.14. The van der Waals surface area contributed by atoms with E-state index in [9.17, 15) is 4.79 Å². The summed E-state index contributed by atoms with van der Waals surface area (Å²) >= 11 is 1.53. The Bertz CT molecular complexity index is 334. The van der Waals surface area contributed by atoms with E-state index in [1.165, 1.54) is 16.2 Å². The maximum absolute atomic E-state index is 12.1. The van der Waals surface area contributed by atoms with E-state index >= 15 is 0 Å². The number of aliphatic hydroxyl groups excluding tert-OH is 1. The van der Waals surface area contributed by atoms with Crippen molar-refractivity contribution in [3.63, 3.8) is 0 Å². The summed E-state index contributed by atoms with van der Waals surface area (Å²) in [6, 6.07) is 1.93. The van der Waals surface area contributed by atoms with Crippen molar-refractivity contribution in [2.75, 3.05) is 19.7 Å². The van der Waals surface area contributed by atoms with Crippen LogP contribution >= 0.6 is 11.3 Å². The number of nitrogens with zero attached hydrogens (tertiary/aromatic N) is 1. The molecule has 0 bridgehead atoms. The second-order valence-corrected chi connectivity index (χ2v) is 5.12. The zero-order valence-electron chi connectivity index (χ0n) is 10.1. The largest absolute Gasteiger partial charge is 0.395 e. The number of carbonyl (C=O) groups is 1. The van der Waals surface area contributed by atoms with Crippen LogP contribution in [0.3, 0.4) is 0 Å². The molecule has 90 valence electrons. The molecule has 0 unspecified atom stereocenters.